The van der Waals surface area contributed by atoms with Crippen molar-refractivity contribution in [3.05, 3.63) is 70.8 Å². The van der Waals surface area contributed by atoms with E-state index in [4.69, 9.17) is 0 Å². The molecule has 2 heterocycles. The Kier molecular flexibility index (Phi) is 6.35. The van der Waals surface area contributed by atoms with E-state index >= 15 is 0 Å². The fourth-order valence-electron chi connectivity index (χ4n) is 13.1. The van der Waals surface area contributed by atoms with Crippen molar-refractivity contribution >= 4 is 17.2 Å². The van der Waals surface area contributed by atoms with Crippen LogP contribution in [0.2, 0.25) is 0 Å². The molecule has 2 nitrogen and oxygen atoms in total. The van der Waals surface area contributed by atoms with Crippen LogP contribution in [0.25, 0.3) is 0 Å². The fraction of sp³-hybridized carbons (Fsp3) is 0.692. The van der Waals surface area contributed by atoms with E-state index in [0.717, 1.165) is 41.9 Å². The first kappa shape index (κ1) is 28.1. The lowest BCUT2D eigenvalue weighted by Crippen LogP contribution is -2.57. The van der Waals surface area contributed by atoms with Crippen LogP contribution in [0.15, 0.2) is 59.5 Å². The predicted octanol–water partition coefficient (Wildman–Crippen LogP) is 10.6. The van der Waals surface area contributed by atoms with Crippen LogP contribution in [0.3, 0.4) is 0 Å². The number of H-pyrrole nitrogens is 2. The fourth-order valence-corrected chi connectivity index (χ4v) is 18.9. The Morgan fingerprint density at radius 1 is 0.721 bits per heavy atom. The summed E-state index contributed by atoms with van der Waals surface area (Å²) in [5.74, 6) is 6.26. The zero-order valence-electron chi connectivity index (χ0n) is 26.9. The first-order chi connectivity index (χ1) is 20.6. The predicted molar refractivity (Wildman–Crippen MR) is 185 cm³/mol. The third kappa shape index (κ3) is 4.38. The topological polar surface area (TPSA) is 31.6 Å². The standard InChI is InChI=1S/C39H54N2P2/c1-36(2,3)32-16-31(33(17-32)39(42,34-6-4-8-40-34)35-7-5-9-41-35)24-43(37-18-25-10-26(19-37)12-27(11-25)20-37)38-21-28-13-29(22-38)15-30(14-28)23-38/h4-9,16,25-30,40-41H,10-15,17-24,42H2,1-3H3. The van der Waals surface area contributed by atoms with Gasteiger partial charge >= 0.3 is 0 Å². The van der Waals surface area contributed by atoms with Gasteiger partial charge in [-0.15, -0.1) is 9.24 Å². The van der Waals surface area contributed by atoms with Crippen LogP contribution in [0.1, 0.15) is 116 Å². The lowest BCUT2D eigenvalue weighted by molar-refractivity contribution is 0.0187. The van der Waals surface area contributed by atoms with Gasteiger partial charge in [0.2, 0.25) is 0 Å². The van der Waals surface area contributed by atoms with Gasteiger partial charge in [-0.2, -0.15) is 0 Å². The van der Waals surface area contributed by atoms with E-state index in [9.17, 15) is 0 Å². The molecule has 2 aromatic heterocycles. The molecule has 9 aliphatic rings. The zero-order valence-corrected chi connectivity index (χ0v) is 29.0. The molecule has 8 bridgehead atoms. The van der Waals surface area contributed by atoms with Gasteiger partial charge in [-0.25, -0.2) is 0 Å². The summed E-state index contributed by atoms with van der Waals surface area (Å²) in [6.45, 7) is 7.36. The third-order valence-electron chi connectivity index (χ3n) is 14.1. The van der Waals surface area contributed by atoms with E-state index in [1.165, 1.54) is 17.5 Å². The van der Waals surface area contributed by atoms with E-state index < -0.39 is 0 Å². The number of aromatic nitrogens is 2. The smallest absolute Gasteiger partial charge is 0.0858 e. The number of hydrogen-bond acceptors (Lipinski definition) is 0. The average Bonchev–Trinajstić information content (AvgIpc) is 3.72. The number of nitrogens with one attached hydrogen (secondary N) is 2. The van der Waals surface area contributed by atoms with E-state index in [-0.39, 0.29) is 18.5 Å². The Labute approximate surface area is 264 Å². The molecule has 230 valence electrons. The third-order valence-corrected chi connectivity index (χ3v) is 19.1. The molecule has 0 aliphatic heterocycles. The highest BCUT2D eigenvalue weighted by atomic mass is 31.1. The Bertz CT molecular complexity index is 1290. The van der Waals surface area contributed by atoms with Crippen LogP contribution in [-0.2, 0) is 5.16 Å². The molecule has 4 heteroatoms. The normalized spacial score (nSPS) is 40.5. The van der Waals surface area contributed by atoms with E-state index in [2.05, 4.69) is 82.7 Å². The van der Waals surface area contributed by atoms with Crippen molar-refractivity contribution in [3.8, 4) is 0 Å². The van der Waals surface area contributed by atoms with Gasteiger partial charge in [0.25, 0.3) is 0 Å². The van der Waals surface area contributed by atoms with Crippen molar-refractivity contribution in [2.24, 2.45) is 40.9 Å². The minimum absolute atomic E-state index is 0.0956. The Morgan fingerprint density at radius 3 is 1.49 bits per heavy atom. The molecule has 2 aromatic rings. The van der Waals surface area contributed by atoms with Crippen LogP contribution < -0.4 is 0 Å². The molecule has 43 heavy (non-hydrogen) atoms. The van der Waals surface area contributed by atoms with Crippen molar-refractivity contribution in [1.82, 2.24) is 9.97 Å². The molecule has 9 aliphatic carbocycles. The molecule has 0 spiro atoms. The molecule has 0 aromatic carbocycles. The van der Waals surface area contributed by atoms with E-state index in [0.29, 0.717) is 10.3 Å². The SMILES string of the molecule is CC(C)(C)C1=CC(CP(C23CC4CC(CC(C4)C2)C3)C23CC4CC(CC(C4)C2)C3)=C(C(P)(c2ccc[nH]2)c2ccc[nH]2)C1. The maximum Gasteiger partial charge on any atom is 0.0858 e. The first-order valence-corrected chi connectivity index (χ1v) is 20.0. The van der Waals surface area contributed by atoms with Crippen LogP contribution in [0, 0.1) is 40.9 Å². The molecule has 0 radical (unpaired) electrons. The lowest BCUT2D eigenvalue weighted by atomic mass is 9.55. The zero-order chi connectivity index (χ0) is 29.2. The number of hydrogen-bond donors (Lipinski definition) is 2. The number of allylic oxidation sites excluding steroid dienone is 4. The van der Waals surface area contributed by atoms with Crippen LogP contribution in [0.5, 0.6) is 0 Å². The molecule has 0 saturated heterocycles. The summed E-state index contributed by atoms with van der Waals surface area (Å²) in [6, 6.07) is 9.05. The Morgan fingerprint density at radius 2 is 1.14 bits per heavy atom. The van der Waals surface area contributed by atoms with Gasteiger partial charge in [0.05, 0.1) is 5.16 Å². The summed E-state index contributed by atoms with van der Waals surface area (Å²) in [4.78, 5) is 7.39. The maximum absolute atomic E-state index is 3.69. The second kappa shape index (κ2) is 9.71. The molecule has 2 N–H and O–H groups in total. The molecular weight excluding hydrogens is 558 g/mol. The summed E-state index contributed by atoms with van der Waals surface area (Å²) in [5, 5.41) is 1.08. The number of aromatic amines is 2. The summed E-state index contributed by atoms with van der Waals surface area (Å²) in [6.07, 6.45) is 28.4. The molecule has 8 fully saturated rings. The van der Waals surface area contributed by atoms with Crippen molar-refractivity contribution in [3.63, 3.8) is 0 Å². The Hall–Kier alpha value is -1.10. The lowest BCUT2D eigenvalue weighted by Gasteiger charge is -2.67. The van der Waals surface area contributed by atoms with Gasteiger partial charge < -0.3 is 9.97 Å². The minimum atomic E-state index is -0.240. The van der Waals surface area contributed by atoms with Crippen molar-refractivity contribution in [2.45, 2.75) is 120 Å². The molecule has 0 amide bonds. The minimum Gasteiger partial charge on any atom is -0.364 e. The Balaban J connectivity index is 1.20. The van der Waals surface area contributed by atoms with Crippen LogP contribution in [-0.4, -0.2) is 26.4 Å². The van der Waals surface area contributed by atoms with Gasteiger partial charge in [0, 0.05) is 23.8 Å². The van der Waals surface area contributed by atoms with E-state index in [1.807, 2.05) is 0 Å². The average molecular weight is 613 g/mol. The molecule has 1 atom stereocenters. The highest BCUT2D eigenvalue weighted by molar-refractivity contribution is 7.61. The first-order valence-electron chi connectivity index (χ1n) is 17.9. The highest BCUT2D eigenvalue weighted by Crippen LogP contribution is 2.79. The van der Waals surface area contributed by atoms with Crippen LogP contribution >= 0.6 is 17.2 Å². The molecule has 8 saturated carbocycles. The van der Waals surface area contributed by atoms with Crippen molar-refractivity contribution < 1.29 is 0 Å². The van der Waals surface area contributed by atoms with Gasteiger partial charge in [0.1, 0.15) is 0 Å². The van der Waals surface area contributed by atoms with Gasteiger partial charge in [-0.05, 0) is 176 Å². The van der Waals surface area contributed by atoms with E-state index in [1.54, 1.807) is 93.8 Å². The second-order valence-electron chi connectivity index (χ2n) is 17.9. The highest BCUT2D eigenvalue weighted by Gasteiger charge is 2.62. The monoisotopic (exact) mass is 612 g/mol. The van der Waals surface area contributed by atoms with Crippen LogP contribution in [0.4, 0.5) is 0 Å². The molecular formula is C39H54N2P2. The number of rotatable bonds is 7. The van der Waals surface area contributed by atoms with Crippen molar-refractivity contribution in [2.75, 3.05) is 6.16 Å². The summed E-state index contributed by atoms with van der Waals surface area (Å²) < 4.78 is 0. The summed E-state index contributed by atoms with van der Waals surface area (Å²) >= 11 is 0. The quantitative estimate of drug-likeness (QED) is 0.292. The summed E-state index contributed by atoms with van der Waals surface area (Å²) in [5.41, 5.74) is 7.85. The summed E-state index contributed by atoms with van der Waals surface area (Å²) in [7, 11) is 3.30. The molecule has 1 unspecified atom stereocenters. The van der Waals surface area contributed by atoms with Gasteiger partial charge in [-0.3, -0.25) is 0 Å². The maximum atomic E-state index is 3.69. The second-order valence-corrected chi connectivity index (χ2v) is 21.9. The van der Waals surface area contributed by atoms with Gasteiger partial charge in [0.15, 0.2) is 0 Å². The molecule has 11 rings (SSSR count). The largest absolute Gasteiger partial charge is 0.364 e. The van der Waals surface area contributed by atoms with Crippen molar-refractivity contribution in [1.29, 1.82) is 0 Å². The van der Waals surface area contributed by atoms with Gasteiger partial charge in [-0.1, -0.05) is 40.3 Å².